The van der Waals surface area contributed by atoms with E-state index >= 15 is 0 Å². The molecule has 2 heterocycles. The minimum Gasteiger partial charge on any atom is -0.376 e. The molecule has 21 heavy (non-hydrogen) atoms. The molecule has 1 saturated heterocycles. The molecule has 1 fully saturated rings. The number of ether oxygens (including phenoxy) is 1. The van der Waals surface area contributed by atoms with Gasteiger partial charge in [0.25, 0.3) is 0 Å². The third-order valence-corrected chi connectivity index (χ3v) is 4.48. The molecule has 0 spiro atoms. The topological polar surface area (TPSA) is 43.2 Å². The van der Waals surface area contributed by atoms with Gasteiger partial charge in [-0.05, 0) is 40.0 Å². The molecule has 0 N–H and O–H groups in total. The first kappa shape index (κ1) is 16.5. The first-order valence-corrected chi connectivity index (χ1v) is 8.74. The quantitative estimate of drug-likeness (QED) is 0.572. The molecule has 1 atom stereocenters. The molecule has 1 aliphatic rings. The van der Waals surface area contributed by atoms with E-state index in [1.165, 1.54) is 5.57 Å². The second-order valence-electron chi connectivity index (χ2n) is 5.66. The van der Waals surface area contributed by atoms with Crippen molar-refractivity contribution in [2.24, 2.45) is 0 Å². The van der Waals surface area contributed by atoms with Crippen LogP contribution in [-0.2, 0) is 17.8 Å². The minimum absolute atomic E-state index is 0.313. The highest BCUT2D eigenvalue weighted by atomic mass is 32.2. The molecule has 1 aromatic heterocycles. The van der Waals surface area contributed by atoms with Crippen LogP contribution < -0.4 is 0 Å². The van der Waals surface area contributed by atoms with Crippen molar-refractivity contribution in [1.82, 2.24) is 19.7 Å². The van der Waals surface area contributed by atoms with Crippen molar-refractivity contribution in [2.75, 3.05) is 26.5 Å². The van der Waals surface area contributed by atoms with Crippen LogP contribution in [0.3, 0.4) is 0 Å². The summed E-state index contributed by atoms with van der Waals surface area (Å²) >= 11 is 1.65. The Labute approximate surface area is 131 Å². The van der Waals surface area contributed by atoms with Crippen LogP contribution in [0.25, 0.3) is 0 Å². The summed E-state index contributed by atoms with van der Waals surface area (Å²) in [5.74, 6) is 1.03. The van der Waals surface area contributed by atoms with Gasteiger partial charge in [0.15, 0.2) is 5.16 Å². The zero-order chi connectivity index (χ0) is 15.2. The van der Waals surface area contributed by atoms with E-state index in [-0.39, 0.29) is 0 Å². The average Bonchev–Trinajstić information content (AvgIpc) is 3.10. The maximum absolute atomic E-state index is 5.76. The van der Waals surface area contributed by atoms with Gasteiger partial charge < -0.3 is 9.30 Å². The summed E-state index contributed by atoms with van der Waals surface area (Å²) < 4.78 is 7.98. The van der Waals surface area contributed by atoms with Crippen LogP contribution in [-0.4, -0.2) is 52.2 Å². The van der Waals surface area contributed by atoms with Crippen LogP contribution in [0, 0.1) is 0 Å². The summed E-state index contributed by atoms with van der Waals surface area (Å²) in [7, 11) is 2.12. The fourth-order valence-electron chi connectivity index (χ4n) is 2.58. The lowest BCUT2D eigenvalue weighted by Gasteiger charge is -2.19. The fourth-order valence-corrected chi connectivity index (χ4v) is 3.10. The van der Waals surface area contributed by atoms with Crippen LogP contribution in [0.2, 0.25) is 0 Å². The Bertz CT molecular complexity index is 480. The molecule has 5 nitrogen and oxygen atoms in total. The number of likely N-dealkylation sites (N-methyl/N-ethyl adjacent to an activating group) is 1. The molecule has 1 aliphatic heterocycles. The molecule has 0 radical (unpaired) electrons. The van der Waals surface area contributed by atoms with Crippen LogP contribution in [0.15, 0.2) is 16.8 Å². The van der Waals surface area contributed by atoms with Crippen molar-refractivity contribution in [1.29, 1.82) is 0 Å². The van der Waals surface area contributed by atoms with E-state index in [4.69, 9.17) is 4.74 Å². The molecular formula is C15H26N4OS. The average molecular weight is 310 g/mol. The summed E-state index contributed by atoms with van der Waals surface area (Å²) in [4.78, 5) is 2.27. The summed E-state index contributed by atoms with van der Waals surface area (Å²) in [6.45, 7) is 7.76. The highest BCUT2D eigenvalue weighted by Crippen LogP contribution is 2.20. The summed E-state index contributed by atoms with van der Waals surface area (Å²) in [5.41, 5.74) is 1.37. The van der Waals surface area contributed by atoms with Crippen molar-refractivity contribution in [3.63, 3.8) is 0 Å². The molecule has 2 rings (SSSR count). The molecule has 0 saturated carbocycles. The van der Waals surface area contributed by atoms with E-state index in [0.717, 1.165) is 50.1 Å². The highest BCUT2D eigenvalue weighted by Gasteiger charge is 2.21. The number of rotatable bonds is 7. The lowest BCUT2D eigenvalue weighted by molar-refractivity contribution is 0.0935. The molecule has 0 amide bonds. The molecule has 6 heteroatoms. The number of hydrogen-bond acceptors (Lipinski definition) is 5. The summed E-state index contributed by atoms with van der Waals surface area (Å²) in [5, 5.41) is 9.67. The Hall–Kier alpha value is -0.850. The fraction of sp³-hybridized carbons (Fsp3) is 0.733. The molecule has 0 unspecified atom stereocenters. The van der Waals surface area contributed by atoms with Crippen molar-refractivity contribution < 1.29 is 4.74 Å². The SMILES string of the molecule is C/C=C(\C)CN(C)Cc1nnc(SC)n1C[C@@H]1CCCO1. The van der Waals surface area contributed by atoms with E-state index in [1.54, 1.807) is 11.8 Å². The Kier molecular flexibility index (Phi) is 6.26. The van der Waals surface area contributed by atoms with Crippen molar-refractivity contribution in [3.8, 4) is 0 Å². The van der Waals surface area contributed by atoms with Gasteiger partial charge in [-0.15, -0.1) is 10.2 Å². The second-order valence-corrected chi connectivity index (χ2v) is 6.43. The first-order chi connectivity index (χ1) is 10.1. The number of hydrogen-bond donors (Lipinski definition) is 0. The van der Waals surface area contributed by atoms with E-state index in [2.05, 4.69) is 46.6 Å². The van der Waals surface area contributed by atoms with Crippen LogP contribution in [0.4, 0.5) is 0 Å². The monoisotopic (exact) mass is 310 g/mol. The number of nitrogens with zero attached hydrogens (tertiary/aromatic N) is 4. The van der Waals surface area contributed by atoms with Crippen molar-refractivity contribution in [3.05, 3.63) is 17.5 Å². The largest absolute Gasteiger partial charge is 0.376 e. The zero-order valence-electron chi connectivity index (χ0n) is 13.5. The number of thioether (sulfide) groups is 1. The van der Waals surface area contributed by atoms with Gasteiger partial charge in [0.2, 0.25) is 0 Å². The predicted molar refractivity (Wildman–Crippen MR) is 86.5 cm³/mol. The van der Waals surface area contributed by atoms with Crippen molar-refractivity contribution >= 4 is 11.8 Å². The third-order valence-electron chi connectivity index (χ3n) is 3.81. The van der Waals surface area contributed by atoms with Gasteiger partial charge >= 0.3 is 0 Å². The Morgan fingerprint density at radius 2 is 2.33 bits per heavy atom. The first-order valence-electron chi connectivity index (χ1n) is 7.52. The molecule has 0 aromatic carbocycles. The van der Waals surface area contributed by atoms with Gasteiger partial charge in [-0.25, -0.2) is 0 Å². The molecule has 1 aromatic rings. The Morgan fingerprint density at radius 1 is 1.52 bits per heavy atom. The smallest absolute Gasteiger partial charge is 0.191 e. The Morgan fingerprint density at radius 3 is 2.95 bits per heavy atom. The molecule has 118 valence electrons. The van der Waals surface area contributed by atoms with Crippen LogP contribution in [0.5, 0.6) is 0 Å². The lowest BCUT2D eigenvalue weighted by Crippen LogP contribution is -2.24. The normalized spacial score (nSPS) is 19.7. The lowest BCUT2D eigenvalue weighted by atomic mass is 10.2. The van der Waals surface area contributed by atoms with Gasteiger partial charge in [0.05, 0.1) is 19.2 Å². The Balaban J connectivity index is 2.05. The maximum atomic E-state index is 5.76. The van der Waals surface area contributed by atoms with Gasteiger partial charge in [-0.2, -0.15) is 0 Å². The zero-order valence-corrected chi connectivity index (χ0v) is 14.3. The number of aromatic nitrogens is 3. The predicted octanol–water partition coefficient (Wildman–Crippen LogP) is 2.58. The maximum Gasteiger partial charge on any atom is 0.191 e. The van der Waals surface area contributed by atoms with Crippen LogP contribution in [0.1, 0.15) is 32.5 Å². The van der Waals surface area contributed by atoms with Gasteiger partial charge in [0, 0.05) is 13.2 Å². The highest BCUT2D eigenvalue weighted by molar-refractivity contribution is 7.98. The van der Waals surface area contributed by atoms with E-state index in [1.807, 2.05) is 6.26 Å². The standard InChI is InChI=1S/C15H26N4OS/c1-5-12(2)9-18(3)11-14-16-17-15(21-4)19(14)10-13-7-6-8-20-13/h5,13H,6-11H2,1-4H3/b12-5+/t13-/m0/s1. The van der Waals surface area contributed by atoms with E-state index in [0.29, 0.717) is 6.10 Å². The third kappa shape index (κ3) is 4.56. The minimum atomic E-state index is 0.313. The molecular weight excluding hydrogens is 284 g/mol. The molecule has 0 bridgehead atoms. The summed E-state index contributed by atoms with van der Waals surface area (Å²) in [6.07, 6.45) is 6.82. The van der Waals surface area contributed by atoms with Gasteiger partial charge in [-0.3, -0.25) is 4.90 Å². The second kappa shape index (κ2) is 7.96. The van der Waals surface area contributed by atoms with E-state index in [9.17, 15) is 0 Å². The molecule has 0 aliphatic carbocycles. The van der Waals surface area contributed by atoms with Gasteiger partial charge in [-0.1, -0.05) is 23.4 Å². The van der Waals surface area contributed by atoms with Crippen LogP contribution >= 0.6 is 11.8 Å². The number of allylic oxidation sites excluding steroid dienone is 1. The van der Waals surface area contributed by atoms with Crippen molar-refractivity contribution in [2.45, 2.75) is 51.0 Å². The summed E-state index contributed by atoms with van der Waals surface area (Å²) in [6, 6.07) is 0. The van der Waals surface area contributed by atoms with Gasteiger partial charge in [0.1, 0.15) is 5.82 Å². The van der Waals surface area contributed by atoms with E-state index < -0.39 is 0 Å².